The van der Waals surface area contributed by atoms with Crippen LogP contribution >= 0.6 is 0 Å². The van der Waals surface area contributed by atoms with Crippen LogP contribution in [0, 0.1) is 11.8 Å². The van der Waals surface area contributed by atoms with Crippen molar-refractivity contribution in [2.24, 2.45) is 11.8 Å². The Kier molecular flexibility index (Phi) is 2.50. The number of methoxy groups -OCH3 is 1. The number of hydrogen-bond acceptors (Lipinski definition) is 3. The first kappa shape index (κ1) is 13.5. The minimum Gasteiger partial charge on any atom is -0.497 e. The highest BCUT2D eigenvalue weighted by molar-refractivity contribution is 5.87. The molecule has 0 radical (unpaired) electrons. The standard InChI is InChI=1S/C20H22N2O2/c1-3-10-8-22-16-7-13(10)14-9-24-20(19(14)22)17-12-5-4-11(23-2)6-15(12)21-18(16)17/h3-6,13-14,16,19-21H,7-9H2,1-2H3. The Morgan fingerprint density at radius 3 is 3.12 bits per heavy atom. The lowest BCUT2D eigenvalue weighted by molar-refractivity contribution is -0.0332. The first-order valence-electron chi connectivity index (χ1n) is 9.02. The van der Waals surface area contributed by atoms with Crippen molar-refractivity contribution in [3.63, 3.8) is 0 Å². The van der Waals surface area contributed by atoms with Crippen LogP contribution < -0.4 is 4.74 Å². The van der Waals surface area contributed by atoms with Crippen molar-refractivity contribution >= 4 is 10.9 Å². The van der Waals surface area contributed by atoms with Crippen molar-refractivity contribution in [2.45, 2.75) is 31.5 Å². The minimum absolute atomic E-state index is 0.226. The maximum Gasteiger partial charge on any atom is 0.120 e. The normalized spacial score (nSPS) is 40.3. The summed E-state index contributed by atoms with van der Waals surface area (Å²) in [5, 5.41) is 1.32. The summed E-state index contributed by atoms with van der Waals surface area (Å²) in [6, 6.07) is 7.47. The van der Waals surface area contributed by atoms with Gasteiger partial charge in [-0.15, -0.1) is 0 Å². The summed E-state index contributed by atoms with van der Waals surface area (Å²) in [5.41, 5.74) is 5.61. The van der Waals surface area contributed by atoms with Crippen LogP contribution in [-0.4, -0.2) is 36.2 Å². The van der Waals surface area contributed by atoms with Crippen LogP contribution in [-0.2, 0) is 4.74 Å². The van der Waals surface area contributed by atoms with Crippen LogP contribution in [0.5, 0.6) is 5.75 Å². The van der Waals surface area contributed by atoms with Crippen LogP contribution in [0.25, 0.3) is 10.9 Å². The van der Waals surface area contributed by atoms with Crippen molar-refractivity contribution in [3.8, 4) is 5.75 Å². The summed E-state index contributed by atoms with van der Waals surface area (Å²) in [6.07, 6.45) is 3.80. The summed E-state index contributed by atoms with van der Waals surface area (Å²) < 4.78 is 11.8. The summed E-state index contributed by atoms with van der Waals surface area (Å²) in [6.45, 7) is 4.22. The second-order valence-corrected chi connectivity index (χ2v) is 7.67. The molecule has 6 atom stereocenters. The highest BCUT2D eigenvalue weighted by Crippen LogP contribution is 2.60. The Hall–Kier alpha value is -1.78. The fraction of sp³-hybridized carbons (Fsp3) is 0.500. The lowest BCUT2D eigenvalue weighted by atomic mass is 9.64. The number of ether oxygens (including phenoxy) is 2. The number of nitrogens with one attached hydrogen (secondary N) is 1. The van der Waals surface area contributed by atoms with Crippen LogP contribution in [0.3, 0.4) is 0 Å². The Bertz CT molecular complexity index is 883. The van der Waals surface area contributed by atoms with Crippen molar-refractivity contribution < 1.29 is 9.47 Å². The van der Waals surface area contributed by atoms with Gasteiger partial charge in [0.2, 0.25) is 0 Å². The van der Waals surface area contributed by atoms with E-state index in [1.807, 2.05) is 0 Å². The zero-order valence-corrected chi connectivity index (χ0v) is 14.1. The average molecular weight is 322 g/mol. The van der Waals surface area contributed by atoms with E-state index in [2.05, 4.69) is 41.1 Å². The predicted octanol–water partition coefficient (Wildman–Crippen LogP) is 3.57. The summed E-state index contributed by atoms with van der Waals surface area (Å²) in [5.74, 6) is 2.28. The van der Waals surface area contributed by atoms with E-state index >= 15 is 0 Å². The fourth-order valence-electron chi connectivity index (χ4n) is 5.90. The van der Waals surface area contributed by atoms with Gasteiger partial charge in [-0.25, -0.2) is 0 Å². The largest absolute Gasteiger partial charge is 0.497 e. The van der Waals surface area contributed by atoms with Gasteiger partial charge in [-0.3, -0.25) is 4.90 Å². The number of piperidine rings is 3. The van der Waals surface area contributed by atoms with E-state index in [4.69, 9.17) is 9.47 Å². The molecule has 0 spiro atoms. The number of aromatic nitrogens is 1. The second kappa shape index (κ2) is 4.44. The molecule has 4 bridgehead atoms. The smallest absolute Gasteiger partial charge is 0.120 e. The molecular weight excluding hydrogens is 300 g/mol. The molecule has 1 N–H and O–H groups in total. The first-order valence-corrected chi connectivity index (χ1v) is 9.02. The summed E-state index contributed by atoms with van der Waals surface area (Å²) >= 11 is 0. The van der Waals surface area contributed by atoms with E-state index in [1.165, 1.54) is 28.6 Å². The van der Waals surface area contributed by atoms with Crippen molar-refractivity contribution in [2.75, 3.05) is 20.3 Å². The Balaban J connectivity index is 1.59. The Morgan fingerprint density at radius 2 is 2.29 bits per heavy atom. The average Bonchev–Trinajstić information content (AvgIpc) is 3.23. The molecule has 4 saturated heterocycles. The monoisotopic (exact) mass is 322 g/mol. The van der Waals surface area contributed by atoms with E-state index < -0.39 is 0 Å². The van der Waals surface area contributed by atoms with Crippen LogP contribution in [0.2, 0.25) is 0 Å². The third-order valence-corrected chi connectivity index (χ3v) is 6.90. The number of hydrogen-bond donors (Lipinski definition) is 1. The van der Waals surface area contributed by atoms with Gasteiger partial charge in [0, 0.05) is 46.7 Å². The topological polar surface area (TPSA) is 37.5 Å². The predicted molar refractivity (Wildman–Crippen MR) is 92.1 cm³/mol. The maximum atomic E-state index is 6.39. The molecule has 4 heteroatoms. The number of rotatable bonds is 1. The first-order chi connectivity index (χ1) is 11.8. The van der Waals surface area contributed by atoms with Gasteiger partial charge in [0.15, 0.2) is 0 Å². The second-order valence-electron chi connectivity index (χ2n) is 7.67. The number of nitrogens with zero attached hydrogens (tertiary/aromatic N) is 1. The fourth-order valence-corrected chi connectivity index (χ4v) is 5.90. The van der Waals surface area contributed by atoms with Gasteiger partial charge < -0.3 is 14.5 Å². The SMILES string of the molecule is CC=C1CN2C3CC1C1COC(c4c3[nH]c3cc(OC)ccc43)C12. The van der Waals surface area contributed by atoms with Gasteiger partial charge in [0.1, 0.15) is 11.9 Å². The summed E-state index contributed by atoms with van der Waals surface area (Å²) in [7, 11) is 1.73. The van der Waals surface area contributed by atoms with Gasteiger partial charge >= 0.3 is 0 Å². The number of allylic oxidation sites excluding steroid dienone is 1. The van der Waals surface area contributed by atoms with E-state index in [0.29, 0.717) is 23.9 Å². The Morgan fingerprint density at radius 1 is 1.38 bits per heavy atom. The molecule has 24 heavy (non-hydrogen) atoms. The lowest BCUT2D eigenvalue weighted by Crippen LogP contribution is -2.59. The van der Waals surface area contributed by atoms with Crippen LogP contribution in [0.15, 0.2) is 29.8 Å². The molecule has 4 fully saturated rings. The van der Waals surface area contributed by atoms with E-state index in [9.17, 15) is 0 Å². The van der Waals surface area contributed by atoms with Gasteiger partial charge in [-0.1, -0.05) is 11.6 Å². The van der Waals surface area contributed by atoms with Crippen molar-refractivity contribution in [1.29, 1.82) is 0 Å². The van der Waals surface area contributed by atoms with Gasteiger partial charge in [-0.2, -0.15) is 0 Å². The molecule has 0 saturated carbocycles. The van der Waals surface area contributed by atoms with E-state index in [1.54, 1.807) is 12.7 Å². The number of benzene rings is 1. The number of fused-ring (bicyclic) bond motifs is 5. The molecule has 0 amide bonds. The highest BCUT2D eigenvalue weighted by Gasteiger charge is 2.59. The molecule has 1 aromatic heterocycles. The molecule has 2 aromatic rings. The molecule has 124 valence electrons. The molecule has 6 heterocycles. The minimum atomic E-state index is 0.226. The third kappa shape index (κ3) is 1.43. The lowest BCUT2D eigenvalue weighted by Gasteiger charge is -2.56. The Labute approximate surface area is 141 Å². The molecule has 0 aliphatic carbocycles. The molecule has 4 nitrogen and oxygen atoms in total. The highest BCUT2D eigenvalue weighted by atomic mass is 16.5. The number of aromatic amines is 1. The van der Waals surface area contributed by atoms with Gasteiger partial charge in [-0.05, 0) is 31.4 Å². The molecule has 7 rings (SSSR count). The van der Waals surface area contributed by atoms with Gasteiger partial charge in [0.05, 0.1) is 19.8 Å². The van der Waals surface area contributed by atoms with E-state index in [-0.39, 0.29) is 6.10 Å². The third-order valence-electron chi connectivity index (χ3n) is 6.90. The van der Waals surface area contributed by atoms with Crippen molar-refractivity contribution in [1.82, 2.24) is 9.88 Å². The molecular formula is C20H22N2O2. The molecule has 1 aromatic carbocycles. The molecule has 5 aliphatic heterocycles. The maximum absolute atomic E-state index is 6.39. The van der Waals surface area contributed by atoms with Crippen LogP contribution in [0.1, 0.15) is 36.7 Å². The van der Waals surface area contributed by atoms with E-state index in [0.717, 1.165) is 18.9 Å². The number of H-pyrrole nitrogens is 1. The molecule has 6 unspecified atom stereocenters. The van der Waals surface area contributed by atoms with Gasteiger partial charge in [0.25, 0.3) is 0 Å². The van der Waals surface area contributed by atoms with Crippen LogP contribution in [0.4, 0.5) is 0 Å². The zero-order chi connectivity index (χ0) is 16.0. The molecule has 5 aliphatic rings. The zero-order valence-electron chi connectivity index (χ0n) is 14.1. The summed E-state index contributed by atoms with van der Waals surface area (Å²) in [4.78, 5) is 6.44. The quantitative estimate of drug-likeness (QED) is 0.816. The van der Waals surface area contributed by atoms with Crippen molar-refractivity contribution in [3.05, 3.63) is 41.1 Å².